The SMILES string of the molecule is Cc1ccc(S(=O)(=O)[C@H]2[C@@H](c3ccc(Br)cc3)[C@@]2(CN)CO)cc1. The molecule has 0 heterocycles. The Morgan fingerprint density at radius 1 is 1.12 bits per heavy atom. The van der Waals surface area contributed by atoms with Gasteiger partial charge in [-0.05, 0) is 36.8 Å². The Morgan fingerprint density at radius 3 is 2.21 bits per heavy atom. The van der Waals surface area contributed by atoms with Gasteiger partial charge in [0.2, 0.25) is 0 Å². The first-order valence-electron chi connectivity index (χ1n) is 7.74. The number of benzene rings is 2. The van der Waals surface area contributed by atoms with E-state index in [0.717, 1.165) is 15.6 Å². The molecule has 3 atom stereocenters. The molecular weight excluding hydrogens is 390 g/mol. The highest BCUT2D eigenvalue weighted by Gasteiger charge is 2.70. The third kappa shape index (κ3) is 2.71. The van der Waals surface area contributed by atoms with Crippen LogP contribution in [0.5, 0.6) is 0 Å². The zero-order valence-electron chi connectivity index (χ0n) is 13.3. The quantitative estimate of drug-likeness (QED) is 0.794. The topological polar surface area (TPSA) is 80.4 Å². The summed E-state index contributed by atoms with van der Waals surface area (Å²) in [5.41, 5.74) is 6.96. The maximum atomic E-state index is 13.1. The van der Waals surface area contributed by atoms with Gasteiger partial charge in [-0.1, -0.05) is 45.8 Å². The Hall–Kier alpha value is -1.21. The highest BCUT2D eigenvalue weighted by Crippen LogP contribution is 2.63. The zero-order chi connectivity index (χ0) is 17.5. The molecule has 0 saturated heterocycles. The summed E-state index contributed by atoms with van der Waals surface area (Å²) in [6.45, 7) is 1.79. The van der Waals surface area contributed by atoms with Crippen molar-refractivity contribution in [3.8, 4) is 0 Å². The average molecular weight is 410 g/mol. The van der Waals surface area contributed by atoms with E-state index in [0.29, 0.717) is 0 Å². The van der Waals surface area contributed by atoms with Crippen molar-refractivity contribution >= 4 is 25.8 Å². The van der Waals surface area contributed by atoms with E-state index in [1.54, 1.807) is 24.3 Å². The van der Waals surface area contributed by atoms with Crippen molar-refractivity contribution in [1.82, 2.24) is 0 Å². The smallest absolute Gasteiger partial charge is 0.182 e. The van der Waals surface area contributed by atoms with Crippen LogP contribution in [0.25, 0.3) is 0 Å². The third-order valence-corrected chi connectivity index (χ3v) is 7.84. The van der Waals surface area contributed by atoms with Gasteiger partial charge >= 0.3 is 0 Å². The Balaban J connectivity index is 2.04. The molecule has 6 heteroatoms. The van der Waals surface area contributed by atoms with Crippen LogP contribution in [0.15, 0.2) is 57.9 Å². The number of hydrogen-bond acceptors (Lipinski definition) is 4. The number of sulfone groups is 1. The van der Waals surface area contributed by atoms with Crippen LogP contribution in [0.4, 0.5) is 0 Å². The van der Waals surface area contributed by atoms with Crippen molar-refractivity contribution in [2.75, 3.05) is 13.2 Å². The molecule has 0 radical (unpaired) electrons. The minimum absolute atomic E-state index is 0.125. The molecule has 0 unspecified atom stereocenters. The van der Waals surface area contributed by atoms with Crippen LogP contribution in [0.2, 0.25) is 0 Å². The summed E-state index contributed by atoms with van der Waals surface area (Å²) in [7, 11) is -3.57. The lowest BCUT2D eigenvalue weighted by atomic mass is 10.0. The standard InChI is InChI=1S/C18H20BrNO3S/c1-12-2-8-15(9-3-12)24(22,23)17-16(18(17,10-20)11-21)13-4-6-14(19)7-5-13/h2-9,16-17,21H,10-11,20H2,1H3/t16-,17+,18-/m1/s1. The van der Waals surface area contributed by atoms with Gasteiger partial charge < -0.3 is 10.8 Å². The van der Waals surface area contributed by atoms with Crippen molar-refractivity contribution in [2.24, 2.45) is 11.1 Å². The van der Waals surface area contributed by atoms with Gasteiger partial charge in [0, 0.05) is 22.4 Å². The summed E-state index contributed by atoms with van der Waals surface area (Å²) >= 11 is 3.38. The first-order valence-corrected chi connectivity index (χ1v) is 10.1. The lowest BCUT2D eigenvalue weighted by Gasteiger charge is -2.12. The fraction of sp³-hybridized carbons (Fsp3) is 0.333. The van der Waals surface area contributed by atoms with Gasteiger partial charge in [-0.2, -0.15) is 0 Å². The maximum absolute atomic E-state index is 13.1. The largest absolute Gasteiger partial charge is 0.396 e. The van der Waals surface area contributed by atoms with Gasteiger partial charge in [-0.25, -0.2) is 8.42 Å². The maximum Gasteiger partial charge on any atom is 0.182 e. The summed E-state index contributed by atoms with van der Waals surface area (Å²) in [6, 6.07) is 14.4. The van der Waals surface area contributed by atoms with Crippen LogP contribution >= 0.6 is 15.9 Å². The predicted octanol–water partition coefficient (Wildman–Crippen LogP) is 2.63. The summed E-state index contributed by atoms with van der Waals surface area (Å²) in [4.78, 5) is 0.281. The second-order valence-electron chi connectivity index (χ2n) is 6.40. The van der Waals surface area contributed by atoms with E-state index in [1.807, 2.05) is 31.2 Å². The van der Waals surface area contributed by atoms with Crippen molar-refractivity contribution in [1.29, 1.82) is 0 Å². The summed E-state index contributed by atoms with van der Waals surface area (Å²) < 4.78 is 27.2. The minimum Gasteiger partial charge on any atom is -0.396 e. The zero-order valence-corrected chi connectivity index (χ0v) is 15.7. The lowest BCUT2D eigenvalue weighted by Crippen LogP contribution is -2.27. The molecule has 0 aromatic heterocycles. The molecule has 2 aromatic carbocycles. The van der Waals surface area contributed by atoms with Crippen molar-refractivity contribution in [3.05, 3.63) is 64.1 Å². The van der Waals surface area contributed by atoms with Crippen LogP contribution in [-0.2, 0) is 9.84 Å². The van der Waals surface area contributed by atoms with Crippen molar-refractivity contribution in [3.63, 3.8) is 0 Å². The van der Waals surface area contributed by atoms with Crippen molar-refractivity contribution < 1.29 is 13.5 Å². The minimum atomic E-state index is -3.57. The molecule has 128 valence electrons. The molecule has 0 aliphatic heterocycles. The Labute approximate surface area is 150 Å². The molecule has 4 nitrogen and oxygen atoms in total. The summed E-state index contributed by atoms with van der Waals surface area (Å²) in [5.74, 6) is -0.299. The Kier molecular flexibility index (Phi) is 4.59. The number of nitrogens with two attached hydrogens (primary N) is 1. The number of hydrogen-bond donors (Lipinski definition) is 2. The molecule has 1 fully saturated rings. The van der Waals surface area contributed by atoms with Gasteiger partial charge in [0.25, 0.3) is 0 Å². The van der Waals surface area contributed by atoms with Gasteiger partial charge in [-0.15, -0.1) is 0 Å². The number of aliphatic hydroxyl groups excluding tert-OH is 1. The third-order valence-electron chi connectivity index (χ3n) is 4.97. The fourth-order valence-electron chi connectivity index (χ4n) is 3.49. The monoisotopic (exact) mass is 409 g/mol. The second kappa shape index (κ2) is 6.26. The average Bonchev–Trinajstić information content (AvgIpc) is 3.26. The predicted molar refractivity (Wildman–Crippen MR) is 97.6 cm³/mol. The molecule has 0 amide bonds. The molecule has 1 aliphatic carbocycles. The van der Waals surface area contributed by atoms with Crippen LogP contribution in [-0.4, -0.2) is 31.9 Å². The van der Waals surface area contributed by atoms with Gasteiger partial charge in [0.05, 0.1) is 16.8 Å². The van der Waals surface area contributed by atoms with Crippen LogP contribution < -0.4 is 5.73 Å². The fourth-order valence-corrected chi connectivity index (χ4v) is 6.21. The number of aliphatic hydroxyl groups is 1. The molecular formula is C18H20BrNO3S. The number of rotatable bonds is 5. The Morgan fingerprint density at radius 2 is 1.71 bits per heavy atom. The Bertz CT molecular complexity index is 828. The van der Waals surface area contributed by atoms with Crippen LogP contribution in [0.3, 0.4) is 0 Å². The first-order chi connectivity index (χ1) is 11.4. The highest BCUT2D eigenvalue weighted by atomic mass is 79.9. The summed E-state index contributed by atoms with van der Waals surface area (Å²) in [5, 5.41) is 9.21. The van der Waals surface area contributed by atoms with E-state index in [1.165, 1.54) is 0 Å². The van der Waals surface area contributed by atoms with Crippen LogP contribution in [0, 0.1) is 12.3 Å². The van der Waals surface area contributed by atoms with Gasteiger partial charge in [0.15, 0.2) is 9.84 Å². The second-order valence-corrected chi connectivity index (χ2v) is 9.39. The van der Waals surface area contributed by atoms with E-state index < -0.39 is 20.5 Å². The molecule has 1 saturated carbocycles. The molecule has 24 heavy (non-hydrogen) atoms. The molecule has 3 rings (SSSR count). The molecule has 0 spiro atoms. The molecule has 1 aliphatic rings. The molecule has 3 N–H and O–H groups in total. The van der Waals surface area contributed by atoms with E-state index in [2.05, 4.69) is 15.9 Å². The molecule has 2 aromatic rings. The van der Waals surface area contributed by atoms with E-state index in [4.69, 9.17) is 5.73 Å². The highest BCUT2D eigenvalue weighted by molar-refractivity contribution is 9.10. The first kappa shape index (κ1) is 17.6. The van der Waals surface area contributed by atoms with Gasteiger partial charge in [-0.3, -0.25) is 0 Å². The molecule has 0 bridgehead atoms. The van der Waals surface area contributed by atoms with Gasteiger partial charge in [0.1, 0.15) is 0 Å². The number of halogens is 1. The normalized spacial score (nSPS) is 26.3. The van der Waals surface area contributed by atoms with E-state index in [9.17, 15) is 13.5 Å². The number of aryl methyl sites for hydroxylation is 1. The lowest BCUT2D eigenvalue weighted by molar-refractivity contribution is 0.212. The summed E-state index contributed by atoms with van der Waals surface area (Å²) in [6.07, 6.45) is 0. The van der Waals surface area contributed by atoms with E-state index in [-0.39, 0.29) is 24.0 Å². The van der Waals surface area contributed by atoms with Crippen LogP contribution in [0.1, 0.15) is 17.0 Å². The van der Waals surface area contributed by atoms with E-state index >= 15 is 0 Å². The van der Waals surface area contributed by atoms with Crippen molar-refractivity contribution in [2.45, 2.75) is 23.0 Å².